The first-order valence-corrected chi connectivity index (χ1v) is 7.64. The molecule has 2 heterocycles. The SMILES string of the molecule is CCc1ccccc1NC(=O)c1cc(-c2cccs2)[nH]n1. The van der Waals surface area contributed by atoms with Crippen molar-refractivity contribution in [3.63, 3.8) is 0 Å². The third-order valence-electron chi connectivity index (χ3n) is 3.24. The van der Waals surface area contributed by atoms with Crippen molar-refractivity contribution in [3.8, 4) is 10.6 Å². The second-order valence-electron chi connectivity index (χ2n) is 4.61. The molecule has 3 aromatic rings. The van der Waals surface area contributed by atoms with Crippen molar-refractivity contribution in [2.45, 2.75) is 13.3 Å². The summed E-state index contributed by atoms with van der Waals surface area (Å²) in [6, 6.07) is 13.5. The molecule has 4 nitrogen and oxygen atoms in total. The number of hydrogen-bond donors (Lipinski definition) is 2. The van der Waals surface area contributed by atoms with Crippen molar-refractivity contribution in [1.82, 2.24) is 10.2 Å². The van der Waals surface area contributed by atoms with Gasteiger partial charge in [-0.25, -0.2) is 0 Å². The largest absolute Gasteiger partial charge is 0.320 e. The Morgan fingerprint density at radius 1 is 1.29 bits per heavy atom. The monoisotopic (exact) mass is 297 g/mol. The van der Waals surface area contributed by atoms with Gasteiger partial charge < -0.3 is 5.32 Å². The van der Waals surface area contributed by atoms with Gasteiger partial charge in [0, 0.05) is 5.69 Å². The number of nitrogens with one attached hydrogen (secondary N) is 2. The van der Waals surface area contributed by atoms with Gasteiger partial charge in [0.05, 0.1) is 10.6 Å². The van der Waals surface area contributed by atoms with Crippen LogP contribution in [-0.4, -0.2) is 16.1 Å². The van der Waals surface area contributed by atoms with E-state index < -0.39 is 0 Å². The number of amides is 1. The summed E-state index contributed by atoms with van der Waals surface area (Å²) in [4.78, 5) is 13.3. The lowest BCUT2D eigenvalue weighted by molar-refractivity contribution is 0.102. The molecule has 0 unspecified atom stereocenters. The maximum Gasteiger partial charge on any atom is 0.276 e. The molecule has 0 fully saturated rings. The molecule has 3 rings (SSSR count). The molecule has 0 atom stereocenters. The van der Waals surface area contributed by atoms with E-state index in [2.05, 4.69) is 22.4 Å². The molecule has 1 aromatic carbocycles. The Hall–Kier alpha value is -2.40. The molecule has 0 aliphatic rings. The molecule has 0 saturated carbocycles. The summed E-state index contributed by atoms with van der Waals surface area (Å²) in [6.07, 6.45) is 0.872. The molecule has 0 spiro atoms. The quantitative estimate of drug-likeness (QED) is 0.766. The normalized spacial score (nSPS) is 10.5. The number of rotatable bonds is 4. The first-order chi connectivity index (χ1) is 10.3. The zero-order valence-electron chi connectivity index (χ0n) is 11.6. The number of carbonyl (C=O) groups excluding carboxylic acids is 1. The lowest BCUT2D eigenvalue weighted by Crippen LogP contribution is -2.13. The highest BCUT2D eigenvalue weighted by molar-refractivity contribution is 7.13. The Morgan fingerprint density at radius 3 is 2.90 bits per heavy atom. The van der Waals surface area contributed by atoms with E-state index in [1.165, 1.54) is 0 Å². The van der Waals surface area contributed by atoms with Crippen molar-refractivity contribution in [1.29, 1.82) is 0 Å². The summed E-state index contributed by atoms with van der Waals surface area (Å²) in [5, 5.41) is 11.9. The van der Waals surface area contributed by atoms with Gasteiger partial charge in [0.15, 0.2) is 5.69 Å². The van der Waals surface area contributed by atoms with Gasteiger partial charge in [-0.1, -0.05) is 31.2 Å². The summed E-state index contributed by atoms with van der Waals surface area (Å²) >= 11 is 1.61. The maximum absolute atomic E-state index is 12.3. The van der Waals surface area contributed by atoms with Gasteiger partial charge >= 0.3 is 0 Å². The number of carbonyl (C=O) groups is 1. The molecule has 0 saturated heterocycles. The van der Waals surface area contributed by atoms with Crippen molar-refractivity contribution < 1.29 is 4.79 Å². The van der Waals surface area contributed by atoms with E-state index in [0.29, 0.717) is 5.69 Å². The van der Waals surface area contributed by atoms with E-state index >= 15 is 0 Å². The van der Waals surface area contributed by atoms with Gasteiger partial charge in [0.1, 0.15) is 0 Å². The molecule has 0 aliphatic heterocycles. The molecule has 2 aromatic heterocycles. The Kier molecular flexibility index (Phi) is 3.83. The van der Waals surface area contributed by atoms with E-state index in [4.69, 9.17) is 0 Å². The minimum atomic E-state index is -0.199. The van der Waals surface area contributed by atoms with Crippen LogP contribution in [0.25, 0.3) is 10.6 Å². The lowest BCUT2D eigenvalue weighted by Gasteiger charge is -2.07. The summed E-state index contributed by atoms with van der Waals surface area (Å²) in [7, 11) is 0. The molecule has 1 amide bonds. The third kappa shape index (κ3) is 2.87. The average Bonchev–Trinajstić information content (AvgIpc) is 3.18. The zero-order chi connectivity index (χ0) is 14.7. The van der Waals surface area contributed by atoms with E-state index in [0.717, 1.165) is 28.2 Å². The van der Waals surface area contributed by atoms with Crippen LogP contribution in [-0.2, 0) is 6.42 Å². The second kappa shape index (κ2) is 5.93. The van der Waals surface area contributed by atoms with Crippen LogP contribution in [0.5, 0.6) is 0 Å². The number of benzene rings is 1. The first kappa shape index (κ1) is 13.6. The summed E-state index contributed by atoms with van der Waals surface area (Å²) in [5.41, 5.74) is 3.20. The fraction of sp³-hybridized carbons (Fsp3) is 0.125. The molecule has 106 valence electrons. The fourth-order valence-corrected chi connectivity index (χ4v) is 2.83. The molecule has 2 N–H and O–H groups in total. The summed E-state index contributed by atoms with van der Waals surface area (Å²) in [5.74, 6) is -0.199. The predicted molar refractivity (Wildman–Crippen MR) is 85.7 cm³/mol. The Balaban J connectivity index is 1.80. The number of para-hydroxylation sites is 1. The van der Waals surface area contributed by atoms with Crippen LogP contribution in [0.3, 0.4) is 0 Å². The number of aryl methyl sites for hydroxylation is 1. The number of aromatic nitrogens is 2. The van der Waals surface area contributed by atoms with Crippen LogP contribution >= 0.6 is 11.3 Å². The van der Waals surface area contributed by atoms with Gasteiger partial charge in [-0.3, -0.25) is 9.89 Å². The van der Waals surface area contributed by atoms with Crippen molar-refractivity contribution in [2.24, 2.45) is 0 Å². The Labute approximate surface area is 126 Å². The smallest absolute Gasteiger partial charge is 0.276 e. The van der Waals surface area contributed by atoms with Crippen molar-refractivity contribution in [2.75, 3.05) is 5.32 Å². The first-order valence-electron chi connectivity index (χ1n) is 6.76. The topological polar surface area (TPSA) is 57.8 Å². The third-order valence-corrected chi connectivity index (χ3v) is 4.15. The number of hydrogen-bond acceptors (Lipinski definition) is 3. The number of H-pyrrole nitrogens is 1. The number of thiophene rings is 1. The summed E-state index contributed by atoms with van der Waals surface area (Å²) in [6.45, 7) is 2.06. The average molecular weight is 297 g/mol. The highest BCUT2D eigenvalue weighted by Gasteiger charge is 2.13. The van der Waals surface area contributed by atoms with Gasteiger partial charge in [-0.15, -0.1) is 11.3 Å². The second-order valence-corrected chi connectivity index (χ2v) is 5.56. The summed E-state index contributed by atoms with van der Waals surface area (Å²) < 4.78 is 0. The molecule has 0 bridgehead atoms. The van der Waals surface area contributed by atoms with Crippen LogP contribution in [0.2, 0.25) is 0 Å². The minimum Gasteiger partial charge on any atom is -0.320 e. The van der Waals surface area contributed by atoms with Gasteiger partial charge in [0.25, 0.3) is 5.91 Å². The predicted octanol–water partition coefficient (Wildman–Crippen LogP) is 3.95. The van der Waals surface area contributed by atoms with E-state index in [1.807, 2.05) is 41.8 Å². The zero-order valence-corrected chi connectivity index (χ0v) is 12.4. The lowest BCUT2D eigenvalue weighted by atomic mass is 10.1. The molecular formula is C16H15N3OS. The highest BCUT2D eigenvalue weighted by Crippen LogP contribution is 2.23. The van der Waals surface area contributed by atoms with E-state index in [9.17, 15) is 4.79 Å². The van der Waals surface area contributed by atoms with Crippen LogP contribution < -0.4 is 5.32 Å². The molecule has 0 radical (unpaired) electrons. The van der Waals surface area contributed by atoms with Gasteiger partial charge in [0.2, 0.25) is 0 Å². The molecular weight excluding hydrogens is 282 g/mol. The van der Waals surface area contributed by atoms with Crippen LogP contribution in [0.1, 0.15) is 23.0 Å². The number of nitrogens with zero attached hydrogens (tertiary/aromatic N) is 1. The van der Waals surface area contributed by atoms with Crippen molar-refractivity contribution in [3.05, 3.63) is 59.1 Å². The van der Waals surface area contributed by atoms with Gasteiger partial charge in [-0.2, -0.15) is 5.10 Å². The maximum atomic E-state index is 12.3. The highest BCUT2D eigenvalue weighted by atomic mass is 32.1. The Morgan fingerprint density at radius 2 is 2.14 bits per heavy atom. The minimum absolute atomic E-state index is 0.199. The molecule has 5 heteroatoms. The number of aromatic amines is 1. The van der Waals surface area contributed by atoms with Gasteiger partial charge in [-0.05, 0) is 35.6 Å². The van der Waals surface area contributed by atoms with Crippen LogP contribution in [0.15, 0.2) is 47.8 Å². The van der Waals surface area contributed by atoms with E-state index in [1.54, 1.807) is 17.4 Å². The van der Waals surface area contributed by atoms with E-state index in [-0.39, 0.29) is 5.91 Å². The standard InChI is InChI=1S/C16H15N3OS/c1-2-11-6-3-4-7-12(11)17-16(20)14-10-13(18-19-14)15-8-5-9-21-15/h3-10H,2H2,1H3,(H,17,20)(H,18,19). The van der Waals surface area contributed by atoms with Crippen LogP contribution in [0.4, 0.5) is 5.69 Å². The van der Waals surface area contributed by atoms with Crippen molar-refractivity contribution >= 4 is 22.9 Å². The fourth-order valence-electron chi connectivity index (χ4n) is 2.13. The Bertz CT molecular complexity index is 746. The number of anilines is 1. The molecule has 21 heavy (non-hydrogen) atoms. The van der Waals surface area contributed by atoms with Crippen LogP contribution in [0, 0.1) is 0 Å². The molecule has 0 aliphatic carbocycles.